The summed E-state index contributed by atoms with van der Waals surface area (Å²) in [6.07, 6.45) is 4.18. The van der Waals surface area contributed by atoms with Gasteiger partial charge < -0.3 is 14.4 Å². The van der Waals surface area contributed by atoms with Gasteiger partial charge in [-0.1, -0.05) is 30.5 Å². The van der Waals surface area contributed by atoms with Crippen molar-refractivity contribution in [3.63, 3.8) is 0 Å². The number of esters is 1. The Balaban J connectivity index is 1.49. The molecule has 0 saturated carbocycles. The third-order valence-corrected chi connectivity index (χ3v) is 5.15. The van der Waals surface area contributed by atoms with Crippen molar-refractivity contribution in [1.82, 2.24) is 0 Å². The van der Waals surface area contributed by atoms with Crippen LogP contribution in [0.25, 0.3) is 0 Å². The minimum atomic E-state index is -0.126. The van der Waals surface area contributed by atoms with Gasteiger partial charge in [0, 0.05) is 28.3 Å². The van der Waals surface area contributed by atoms with Crippen LogP contribution in [0, 0.1) is 0 Å². The van der Waals surface area contributed by atoms with Gasteiger partial charge in [-0.3, -0.25) is 9.59 Å². The number of nitrogens with zero attached hydrogens (tertiary/aromatic N) is 1. The third kappa shape index (κ3) is 5.51. The second kappa shape index (κ2) is 10.3. The van der Waals surface area contributed by atoms with Crippen molar-refractivity contribution >= 4 is 29.2 Å². The van der Waals surface area contributed by atoms with Gasteiger partial charge in [0.15, 0.2) is 0 Å². The zero-order chi connectivity index (χ0) is 20.6. The molecule has 5 nitrogen and oxygen atoms in total. The van der Waals surface area contributed by atoms with Gasteiger partial charge in [0.2, 0.25) is 0 Å². The zero-order valence-electron chi connectivity index (χ0n) is 16.7. The fourth-order valence-corrected chi connectivity index (χ4v) is 3.54. The summed E-state index contributed by atoms with van der Waals surface area (Å²) < 4.78 is 10.9. The second-order valence-corrected chi connectivity index (χ2v) is 7.40. The van der Waals surface area contributed by atoms with E-state index in [0.717, 1.165) is 42.7 Å². The minimum absolute atomic E-state index is 0.0215. The Kier molecular flexibility index (Phi) is 7.53. The van der Waals surface area contributed by atoms with Crippen molar-refractivity contribution in [2.75, 3.05) is 18.1 Å². The molecule has 0 unspecified atom stereocenters. The predicted octanol–water partition coefficient (Wildman–Crippen LogP) is 5.39. The number of rotatable bonds is 10. The molecule has 3 rings (SSSR count). The summed E-state index contributed by atoms with van der Waals surface area (Å²) in [6, 6.07) is 12.9. The number of anilines is 1. The Morgan fingerprint density at radius 1 is 1.07 bits per heavy atom. The largest absolute Gasteiger partial charge is 0.493 e. The van der Waals surface area contributed by atoms with Crippen LogP contribution in [-0.4, -0.2) is 25.1 Å². The van der Waals surface area contributed by atoms with Crippen LogP contribution in [0.1, 0.15) is 54.9 Å². The number of carbonyl (C=O) groups excluding carboxylic acids is 2. The Hall–Kier alpha value is -2.53. The first-order chi connectivity index (χ1) is 14.1. The van der Waals surface area contributed by atoms with E-state index in [2.05, 4.69) is 0 Å². The molecule has 0 bridgehead atoms. The van der Waals surface area contributed by atoms with E-state index in [1.807, 2.05) is 37.3 Å². The van der Waals surface area contributed by atoms with Crippen molar-refractivity contribution in [2.24, 2.45) is 0 Å². The summed E-state index contributed by atoms with van der Waals surface area (Å²) in [4.78, 5) is 25.8. The van der Waals surface area contributed by atoms with Crippen molar-refractivity contribution < 1.29 is 19.1 Å². The van der Waals surface area contributed by atoms with Gasteiger partial charge >= 0.3 is 5.97 Å². The summed E-state index contributed by atoms with van der Waals surface area (Å²) in [5.41, 5.74) is 2.43. The summed E-state index contributed by atoms with van der Waals surface area (Å²) in [6.45, 7) is 3.33. The number of halogens is 1. The first kappa shape index (κ1) is 21.2. The maximum absolute atomic E-state index is 12.8. The van der Waals surface area contributed by atoms with Crippen LogP contribution in [0.2, 0.25) is 5.02 Å². The van der Waals surface area contributed by atoms with E-state index >= 15 is 0 Å². The molecule has 2 aromatic carbocycles. The number of benzene rings is 2. The Labute approximate surface area is 176 Å². The number of hydrogen-bond donors (Lipinski definition) is 0. The molecule has 0 radical (unpaired) electrons. The highest BCUT2D eigenvalue weighted by Crippen LogP contribution is 2.34. The van der Waals surface area contributed by atoms with Gasteiger partial charge in [0.05, 0.1) is 19.8 Å². The van der Waals surface area contributed by atoms with Gasteiger partial charge in [-0.25, -0.2) is 0 Å². The lowest BCUT2D eigenvalue weighted by Gasteiger charge is -2.16. The third-order valence-electron chi connectivity index (χ3n) is 4.90. The first-order valence-electron chi connectivity index (χ1n) is 10.1. The quantitative estimate of drug-likeness (QED) is 0.385. The number of carbonyl (C=O) groups is 2. The van der Waals surface area contributed by atoms with Crippen molar-refractivity contribution in [3.05, 3.63) is 58.6 Å². The van der Waals surface area contributed by atoms with E-state index < -0.39 is 0 Å². The maximum Gasteiger partial charge on any atom is 0.305 e. The molecule has 1 amide bonds. The van der Waals surface area contributed by atoms with Gasteiger partial charge in [-0.15, -0.1) is 0 Å². The van der Waals surface area contributed by atoms with Crippen LogP contribution in [0.5, 0.6) is 5.75 Å². The molecule has 29 heavy (non-hydrogen) atoms. The lowest BCUT2D eigenvalue weighted by molar-refractivity contribution is -0.143. The average molecular weight is 416 g/mol. The van der Waals surface area contributed by atoms with E-state index in [1.165, 1.54) is 0 Å². The van der Waals surface area contributed by atoms with E-state index in [9.17, 15) is 9.59 Å². The van der Waals surface area contributed by atoms with E-state index in [4.69, 9.17) is 21.1 Å². The fourth-order valence-electron chi connectivity index (χ4n) is 3.41. The maximum atomic E-state index is 12.8. The normalized spacial score (nSPS) is 12.8. The lowest BCUT2D eigenvalue weighted by atomic mass is 10.1. The molecule has 2 aromatic rings. The smallest absolute Gasteiger partial charge is 0.305 e. The van der Waals surface area contributed by atoms with E-state index in [0.29, 0.717) is 36.8 Å². The number of unbranched alkanes of at least 4 members (excludes halogenated alkanes) is 3. The van der Waals surface area contributed by atoms with Crippen molar-refractivity contribution in [1.29, 1.82) is 0 Å². The van der Waals surface area contributed by atoms with Gasteiger partial charge in [-0.2, -0.15) is 0 Å². The monoisotopic (exact) mass is 415 g/mol. The molecule has 0 atom stereocenters. The van der Waals surface area contributed by atoms with Crippen molar-refractivity contribution in [2.45, 2.75) is 45.6 Å². The standard InChI is InChI=1S/C23H26ClNO4/c1-2-28-22(26)10-5-3-4-6-15-29-21-9-7-8-19-20(21)16-25(23(19)27)18-13-11-17(24)12-14-18/h7-9,11-14H,2-6,10,15-16H2,1H3. The summed E-state index contributed by atoms with van der Waals surface area (Å²) in [7, 11) is 0. The molecule has 154 valence electrons. The molecule has 1 aliphatic heterocycles. The molecular weight excluding hydrogens is 390 g/mol. The van der Waals surface area contributed by atoms with Gasteiger partial charge in [0.25, 0.3) is 5.91 Å². The Morgan fingerprint density at radius 3 is 2.59 bits per heavy atom. The lowest BCUT2D eigenvalue weighted by Crippen LogP contribution is -2.22. The zero-order valence-corrected chi connectivity index (χ0v) is 17.4. The molecule has 6 heteroatoms. The van der Waals surface area contributed by atoms with Crippen LogP contribution >= 0.6 is 11.6 Å². The van der Waals surface area contributed by atoms with E-state index in [-0.39, 0.29) is 11.9 Å². The molecule has 0 fully saturated rings. The van der Waals surface area contributed by atoms with Crippen LogP contribution in [0.4, 0.5) is 5.69 Å². The summed E-state index contributed by atoms with van der Waals surface area (Å²) in [5, 5.41) is 0.643. The van der Waals surface area contributed by atoms with Crippen molar-refractivity contribution in [3.8, 4) is 5.75 Å². The highest BCUT2D eigenvalue weighted by Gasteiger charge is 2.30. The van der Waals surface area contributed by atoms with Crippen LogP contribution < -0.4 is 9.64 Å². The average Bonchev–Trinajstić information content (AvgIpc) is 3.05. The number of hydrogen-bond acceptors (Lipinski definition) is 4. The Bertz CT molecular complexity index is 850. The van der Waals surface area contributed by atoms with Gasteiger partial charge in [0.1, 0.15) is 5.75 Å². The summed E-state index contributed by atoms with van der Waals surface area (Å²) >= 11 is 5.95. The highest BCUT2D eigenvalue weighted by molar-refractivity contribution is 6.30. The molecule has 0 N–H and O–H groups in total. The number of ether oxygens (including phenoxy) is 2. The molecule has 1 aliphatic rings. The molecule has 0 aliphatic carbocycles. The minimum Gasteiger partial charge on any atom is -0.493 e. The van der Waals surface area contributed by atoms with E-state index in [1.54, 1.807) is 17.0 Å². The fraction of sp³-hybridized carbons (Fsp3) is 0.391. The molecule has 0 spiro atoms. The number of fused-ring (bicyclic) bond motifs is 1. The molecular formula is C23H26ClNO4. The number of amides is 1. The van der Waals surface area contributed by atoms with Crippen LogP contribution in [0.15, 0.2) is 42.5 Å². The first-order valence-corrected chi connectivity index (χ1v) is 10.5. The van der Waals surface area contributed by atoms with Crippen LogP contribution in [0.3, 0.4) is 0 Å². The molecule has 0 saturated heterocycles. The summed E-state index contributed by atoms with van der Waals surface area (Å²) in [5.74, 6) is 0.615. The molecule has 0 aromatic heterocycles. The SMILES string of the molecule is CCOC(=O)CCCCCCOc1cccc2c1CN(c1ccc(Cl)cc1)C2=O. The van der Waals surface area contributed by atoms with Crippen LogP contribution in [-0.2, 0) is 16.1 Å². The predicted molar refractivity (Wildman–Crippen MR) is 114 cm³/mol. The molecule has 1 heterocycles. The second-order valence-electron chi connectivity index (χ2n) is 6.97. The Morgan fingerprint density at radius 2 is 1.83 bits per heavy atom. The topological polar surface area (TPSA) is 55.8 Å². The van der Waals surface area contributed by atoms with Gasteiger partial charge in [-0.05, 0) is 56.2 Å². The highest BCUT2D eigenvalue weighted by atomic mass is 35.5.